The second-order valence-electron chi connectivity index (χ2n) is 6.07. The van der Waals surface area contributed by atoms with Crippen LogP contribution in [-0.2, 0) is 20.5 Å². The number of para-hydroxylation sites is 1. The van der Waals surface area contributed by atoms with Crippen LogP contribution in [0.2, 0.25) is 5.02 Å². The molecule has 0 bridgehead atoms. The summed E-state index contributed by atoms with van der Waals surface area (Å²) in [7, 11) is 0. The number of hydrogen-bond acceptors (Lipinski definition) is 4. The van der Waals surface area contributed by atoms with E-state index >= 15 is 0 Å². The van der Waals surface area contributed by atoms with Gasteiger partial charge in [0.2, 0.25) is 12.3 Å². The number of allylic oxidation sites excluding steroid dienone is 1. The monoisotopic (exact) mass is 425 g/mol. The Morgan fingerprint density at radius 1 is 1.24 bits per heavy atom. The van der Waals surface area contributed by atoms with Gasteiger partial charge in [0.1, 0.15) is 17.3 Å². The van der Waals surface area contributed by atoms with Crippen molar-refractivity contribution in [3.63, 3.8) is 0 Å². The minimum absolute atomic E-state index is 0.0755. The summed E-state index contributed by atoms with van der Waals surface area (Å²) in [4.78, 5) is 28.4. The number of benzene rings is 1. The predicted molar refractivity (Wildman–Crippen MR) is 100 cm³/mol. The molecule has 0 aliphatic carbocycles. The minimum Gasteiger partial charge on any atom is -0.496 e. The van der Waals surface area contributed by atoms with E-state index in [1.54, 1.807) is 19.1 Å². The smallest absolute Gasteiger partial charge is 0.433 e. The second-order valence-corrected chi connectivity index (χ2v) is 6.48. The van der Waals surface area contributed by atoms with E-state index in [0.717, 1.165) is 17.0 Å². The van der Waals surface area contributed by atoms with Crippen LogP contribution in [0.4, 0.5) is 24.7 Å². The molecule has 3 rings (SSSR count). The van der Waals surface area contributed by atoms with Gasteiger partial charge >= 0.3 is 6.18 Å². The Bertz CT molecular complexity index is 992. The van der Waals surface area contributed by atoms with Gasteiger partial charge in [-0.1, -0.05) is 23.7 Å². The Morgan fingerprint density at radius 3 is 2.62 bits per heavy atom. The van der Waals surface area contributed by atoms with E-state index in [4.69, 9.17) is 16.3 Å². The standard InChI is InChI=1S/C19H15ClF3N3O3/c1-11-17(25-16(28)8-9-29-11)12-6-7-15(19(21,22)23)24-18(12)26(10-27)14-5-3-2-4-13(14)20/h2-7,10H,8-9H2,1H3,(H,25,28). The average Bonchev–Trinajstić information content (AvgIpc) is 2.83. The first-order valence-corrected chi connectivity index (χ1v) is 8.81. The zero-order chi connectivity index (χ0) is 21.2. The summed E-state index contributed by atoms with van der Waals surface area (Å²) in [5.74, 6) is -0.440. The van der Waals surface area contributed by atoms with Gasteiger partial charge in [-0.25, -0.2) is 4.98 Å². The zero-order valence-corrected chi connectivity index (χ0v) is 15.8. The van der Waals surface area contributed by atoms with Crippen molar-refractivity contribution < 1.29 is 27.5 Å². The van der Waals surface area contributed by atoms with Crippen LogP contribution in [0.5, 0.6) is 0 Å². The summed E-state index contributed by atoms with van der Waals surface area (Å²) in [5.41, 5.74) is -0.856. The summed E-state index contributed by atoms with van der Waals surface area (Å²) >= 11 is 6.14. The molecular formula is C19H15ClF3N3O3. The lowest BCUT2D eigenvalue weighted by Gasteiger charge is -2.23. The lowest BCUT2D eigenvalue weighted by molar-refractivity contribution is -0.141. The maximum atomic E-state index is 13.3. The number of nitrogens with one attached hydrogen (secondary N) is 1. The fourth-order valence-corrected chi connectivity index (χ4v) is 3.00. The fraction of sp³-hybridized carbons (Fsp3) is 0.211. The number of halogens is 4. The first kappa shape index (κ1) is 20.7. The molecule has 2 heterocycles. The molecule has 0 fully saturated rings. The molecule has 1 aliphatic heterocycles. The third kappa shape index (κ3) is 4.34. The van der Waals surface area contributed by atoms with Gasteiger partial charge in [0.15, 0.2) is 0 Å². The molecule has 1 aromatic heterocycles. The Morgan fingerprint density at radius 2 is 1.97 bits per heavy atom. The second kappa shape index (κ2) is 8.12. The van der Waals surface area contributed by atoms with Crippen molar-refractivity contribution in [3.05, 3.63) is 58.4 Å². The van der Waals surface area contributed by atoms with Gasteiger partial charge in [-0.15, -0.1) is 0 Å². The van der Waals surface area contributed by atoms with E-state index in [-0.39, 0.29) is 52.5 Å². The third-order valence-corrected chi connectivity index (χ3v) is 4.46. The van der Waals surface area contributed by atoms with Gasteiger partial charge in [0, 0.05) is 5.56 Å². The van der Waals surface area contributed by atoms with Crippen molar-refractivity contribution in [1.82, 2.24) is 10.3 Å². The lowest BCUT2D eigenvalue weighted by atomic mass is 10.1. The maximum absolute atomic E-state index is 13.3. The van der Waals surface area contributed by atoms with Crippen molar-refractivity contribution in [3.8, 4) is 0 Å². The van der Waals surface area contributed by atoms with Crippen LogP contribution < -0.4 is 10.2 Å². The van der Waals surface area contributed by atoms with Crippen LogP contribution in [0.15, 0.2) is 42.2 Å². The Balaban J connectivity index is 2.26. The summed E-state index contributed by atoms with van der Waals surface area (Å²) in [6, 6.07) is 8.04. The van der Waals surface area contributed by atoms with Crippen LogP contribution in [0.25, 0.3) is 5.70 Å². The molecular weight excluding hydrogens is 411 g/mol. The van der Waals surface area contributed by atoms with E-state index in [1.807, 2.05) is 0 Å². The van der Waals surface area contributed by atoms with Crippen LogP contribution >= 0.6 is 11.6 Å². The molecule has 6 nitrogen and oxygen atoms in total. The highest BCUT2D eigenvalue weighted by molar-refractivity contribution is 6.33. The molecule has 0 atom stereocenters. The zero-order valence-electron chi connectivity index (χ0n) is 15.1. The summed E-state index contributed by atoms with van der Waals surface area (Å²) in [6.07, 6.45) is -4.36. The SMILES string of the molecule is CC1=C(c2ccc(C(F)(F)F)nc2N(C=O)c2ccccc2Cl)NC(=O)CCO1. The van der Waals surface area contributed by atoms with E-state index in [2.05, 4.69) is 10.3 Å². The van der Waals surface area contributed by atoms with Gasteiger partial charge in [0.25, 0.3) is 0 Å². The number of carbonyl (C=O) groups excluding carboxylic acids is 2. The molecule has 152 valence electrons. The quantitative estimate of drug-likeness (QED) is 0.742. The number of alkyl halides is 3. The Kier molecular flexibility index (Phi) is 5.78. The summed E-state index contributed by atoms with van der Waals surface area (Å²) in [5, 5.41) is 2.74. The number of ether oxygens (including phenoxy) is 1. The predicted octanol–water partition coefficient (Wildman–Crippen LogP) is 4.27. The van der Waals surface area contributed by atoms with Crippen LogP contribution in [-0.4, -0.2) is 23.9 Å². The average molecular weight is 426 g/mol. The molecule has 1 aliphatic rings. The van der Waals surface area contributed by atoms with Crippen molar-refractivity contribution in [2.24, 2.45) is 0 Å². The van der Waals surface area contributed by atoms with Crippen molar-refractivity contribution >= 4 is 41.1 Å². The minimum atomic E-state index is -4.74. The maximum Gasteiger partial charge on any atom is 0.433 e. The molecule has 0 saturated heterocycles. The number of aromatic nitrogens is 1. The molecule has 0 radical (unpaired) electrons. The molecule has 10 heteroatoms. The van der Waals surface area contributed by atoms with Crippen LogP contribution in [0.3, 0.4) is 0 Å². The van der Waals surface area contributed by atoms with Gasteiger partial charge in [-0.05, 0) is 31.2 Å². The van der Waals surface area contributed by atoms with Crippen LogP contribution in [0, 0.1) is 0 Å². The highest BCUT2D eigenvalue weighted by Crippen LogP contribution is 2.37. The lowest BCUT2D eigenvalue weighted by Crippen LogP contribution is -2.25. The van der Waals surface area contributed by atoms with Gasteiger partial charge < -0.3 is 10.1 Å². The van der Waals surface area contributed by atoms with Crippen LogP contribution in [0.1, 0.15) is 24.6 Å². The topological polar surface area (TPSA) is 71.5 Å². The van der Waals surface area contributed by atoms with E-state index in [0.29, 0.717) is 6.41 Å². The molecule has 1 aromatic carbocycles. The fourth-order valence-electron chi connectivity index (χ4n) is 2.77. The molecule has 0 spiro atoms. The first-order chi connectivity index (χ1) is 13.7. The van der Waals surface area contributed by atoms with Crippen molar-refractivity contribution in [1.29, 1.82) is 0 Å². The van der Waals surface area contributed by atoms with E-state index in [9.17, 15) is 22.8 Å². The molecule has 29 heavy (non-hydrogen) atoms. The number of anilines is 2. The van der Waals surface area contributed by atoms with E-state index in [1.165, 1.54) is 12.1 Å². The molecule has 2 amide bonds. The Hall–Kier alpha value is -3.07. The Labute approximate surface area is 168 Å². The summed E-state index contributed by atoms with van der Waals surface area (Å²) in [6.45, 7) is 1.68. The van der Waals surface area contributed by atoms with E-state index < -0.39 is 11.9 Å². The van der Waals surface area contributed by atoms with Gasteiger partial charge in [0.05, 0.1) is 29.4 Å². The van der Waals surface area contributed by atoms with Gasteiger partial charge in [-0.3, -0.25) is 14.5 Å². The molecule has 2 aromatic rings. The third-order valence-electron chi connectivity index (χ3n) is 4.14. The first-order valence-electron chi connectivity index (χ1n) is 8.43. The normalized spacial score (nSPS) is 14.7. The number of rotatable bonds is 4. The molecule has 1 N–H and O–H groups in total. The number of hydrogen-bond donors (Lipinski definition) is 1. The number of amides is 2. The van der Waals surface area contributed by atoms with Gasteiger partial charge in [-0.2, -0.15) is 13.2 Å². The molecule has 0 saturated carbocycles. The number of carbonyl (C=O) groups is 2. The number of pyridine rings is 1. The largest absolute Gasteiger partial charge is 0.496 e. The molecule has 0 unspecified atom stereocenters. The highest BCUT2D eigenvalue weighted by atomic mass is 35.5. The summed E-state index contributed by atoms with van der Waals surface area (Å²) < 4.78 is 45.3. The number of nitrogens with zero attached hydrogens (tertiary/aromatic N) is 2. The van der Waals surface area contributed by atoms with Crippen molar-refractivity contribution in [2.45, 2.75) is 19.5 Å². The highest BCUT2D eigenvalue weighted by Gasteiger charge is 2.35. The van der Waals surface area contributed by atoms with Crippen molar-refractivity contribution in [2.75, 3.05) is 11.5 Å².